The summed E-state index contributed by atoms with van der Waals surface area (Å²) in [6.07, 6.45) is 0. The van der Waals surface area contributed by atoms with Gasteiger partial charge in [-0.25, -0.2) is 0 Å². The lowest BCUT2D eigenvalue weighted by Gasteiger charge is -2.23. The van der Waals surface area contributed by atoms with Crippen LogP contribution in [0.5, 0.6) is 0 Å². The van der Waals surface area contributed by atoms with Crippen LogP contribution in [-0.2, 0) is 11.3 Å². The van der Waals surface area contributed by atoms with E-state index in [1.807, 2.05) is 6.92 Å². The molecule has 1 rings (SSSR count). The van der Waals surface area contributed by atoms with Crippen molar-refractivity contribution < 1.29 is 4.74 Å². The Balaban J connectivity index is 2.73. The number of nitrogens with one attached hydrogen (secondary N) is 1. The average Bonchev–Trinajstić information content (AvgIpc) is 2.37. The number of ether oxygens (including phenoxy) is 1. The van der Waals surface area contributed by atoms with E-state index in [0.717, 1.165) is 37.3 Å². The van der Waals surface area contributed by atoms with E-state index >= 15 is 0 Å². The lowest BCUT2D eigenvalue weighted by atomic mass is 10.1. The lowest BCUT2D eigenvalue weighted by Crippen LogP contribution is -2.25. The largest absolute Gasteiger partial charge is 0.380 e. The first-order valence-electron chi connectivity index (χ1n) is 6.47. The fraction of sp³-hybridized carbons (Fsp3) is 0.571. The van der Waals surface area contributed by atoms with Crippen molar-refractivity contribution in [2.75, 3.05) is 38.3 Å². The van der Waals surface area contributed by atoms with E-state index in [0.29, 0.717) is 0 Å². The summed E-state index contributed by atoms with van der Waals surface area (Å²) in [6, 6.07) is 6.42. The highest BCUT2D eigenvalue weighted by molar-refractivity contribution is 9.10. The van der Waals surface area contributed by atoms with Crippen LogP contribution in [0.15, 0.2) is 22.7 Å². The predicted octanol–water partition coefficient (Wildman–Crippen LogP) is 3.03. The molecule has 3 nitrogen and oxygen atoms in total. The molecule has 0 aromatic heterocycles. The molecule has 0 heterocycles. The average molecular weight is 315 g/mol. The Kier molecular flexibility index (Phi) is 7.32. The van der Waals surface area contributed by atoms with E-state index in [2.05, 4.69) is 58.3 Å². The van der Waals surface area contributed by atoms with Gasteiger partial charge in [-0.15, -0.1) is 0 Å². The maximum atomic E-state index is 5.41. The van der Waals surface area contributed by atoms with Crippen LogP contribution in [0.1, 0.15) is 19.4 Å². The van der Waals surface area contributed by atoms with E-state index in [-0.39, 0.29) is 0 Å². The summed E-state index contributed by atoms with van der Waals surface area (Å²) >= 11 is 3.54. The molecule has 0 aliphatic heterocycles. The third-order valence-electron chi connectivity index (χ3n) is 2.80. The van der Waals surface area contributed by atoms with Crippen molar-refractivity contribution in [2.24, 2.45) is 0 Å². The van der Waals surface area contributed by atoms with Crippen molar-refractivity contribution >= 4 is 21.6 Å². The van der Waals surface area contributed by atoms with Crippen LogP contribution in [0, 0.1) is 0 Å². The van der Waals surface area contributed by atoms with Crippen LogP contribution in [0.3, 0.4) is 0 Å². The molecule has 102 valence electrons. The monoisotopic (exact) mass is 314 g/mol. The summed E-state index contributed by atoms with van der Waals surface area (Å²) < 4.78 is 6.52. The first-order chi connectivity index (χ1) is 8.69. The maximum Gasteiger partial charge on any atom is 0.0641 e. The molecular formula is C14H23BrN2O. The van der Waals surface area contributed by atoms with Gasteiger partial charge in [0, 0.05) is 36.9 Å². The molecule has 1 N–H and O–H groups in total. The summed E-state index contributed by atoms with van der Waals surface area (Å²) in [5.74, 6) is 0. The topological polar surface area (TPSA) is 24.5 Å². The van der Waals surface area contributed by atoms with Gasteiger partial charge in [-0.2, -0.15) is 0 Å². The van der Waals surface area contributed by atoms with Gasteiger partial charge in [0.1, 0.15) is 0 Å². The molecule has 1 aromatic carbocycles. The highest BCUT2D eigenvalue weighted by Crippen LogP contribution is 2.24. The third-order valence-corrected chi connectivity index (χ3v) is 3.29. The number of anilines is 1. The maximum absolute atomic E-state index is 5.41. The summed E-state index contributed by atoms with van der Waals surface area (Å²) in [5, 5.41) is 3.37. The molecule has 1 aromatic rings. The van der Waals surface area contributed by atoms with Crippen LogP contribution in [0.4, 0.5) is 5.69 Å². The molecule has 0 saturated carbocycles. The first-order valence-corrected chi connectivity index (χ1v) is 7.26. The SMILES string of the molecule is CCNCc1ccc(Br)cc1N(C)CCOCC. The number of rotatable bonds is 8. The Hall–Kier alpha value is -0.580. The standard InChI is InChI=1S/C14H23BrN2O/c1-4-16-11-12-6-7-13(15)10-14(12)17(3)8-9-18-5-2/h6-7,10,16H,4-5,8-9,11H2,1-3H3. The zero-order chi connectivity index (χ0) is 13.4. The fourth-order valence-electron chi connectivity index (χ4n) is 1.77. The minimum absolute atomic E-state index is 0.764. The van der Waals surface area contributed by atoms with Crippen LogP contribution in [-0.4, -0.2) is 33.4 Å². The zero-order valence-electron chi connectivity index (χ0n) is 11.5. The van der Waals surface area contributed by atoms with E-state index in [9.17, 15) is 0 Å². The van der Waals surface area contributed by atoms with E-state index < -0.39 is 0 Å². The van der Waals surface area contributed by atoms with Gasteiger partial charge in [0.15, 0.2) is 0 Å². The lowest BCUT2D eigenvalue weighted by molar-refractivity contribution is 0.154. The van der Waals surface area contributed by atoms with Crippen molar-refractivity contribution in [3.63, 3.8) is 0 Å². The minimum atomic E-state index is 0.764. The molecule has 0 atom stereocenters. The van der Waals surface area contributed by atoms with Crippen LogP contribution < -0.4 is 10.2 Å². The molecule has 0 saturated heterocycles. The quantitative estimate of drug-likeness (QED) is 0.746. The zero-order valence-corrected chi connectivity index (χ0v) is 13.1. The summed E-state index contributed by atoms with van der Waals surface area (Å²) in [4.78, 5) is 2.24. The molecule has 0 bridgehead atoms. The van der Waals surface area contributed by atoms with Gasteiger partial charge in [0.25, 0.3) is 0 Å². The summed E-state index contributed by atoms with van der Waals surface area (Å²) in [7, 11) is 2.11. The highest BCUT2D eigenvalue weighted by atomic mass is 79.9. The van der Waals surface area contributed by atoms with Crippen molar-refractivity contribution in [2.45, 2.75) is 20.4 Å². The van der Waals surface area contributed by atoms with Gasteiger partial charge in [-0.1, -0.05) is 28.9 Å². The Labute approximate surface area is 119 Å². The number of nitrogens with zero attached hydrogens (tertiary/aromatic N) is 1. The van der Waals surface area contributed by atoms with Crippen LogP contribution in [0.25, 0.3) is 0 Å². The molecule has 4 heteroatoms. The van der Waals surface area contributed by atoms with Gasteiger partial charge in [-0.05, 0) is 31.2 Å². The molecule has 0 spiro atoms. The molecule has 18 heavy (non-hydrogen) atoms. The smallest absolute Gasteiger partial charge is 0.0641 e. The Morgan fingerprint density at radius 2 is 2.11 bits per heavy atom. The van der Waals surface area contributed by atoms with Crippen molar-refractivity contribution in [3.05, 3.63) is 28.2 Å². The number of halogens is 1. The molecular weight excluding hydrogens is 292 g/mol. The van der Waals surface area contributed by atoms with E-state index in [1.54, 1.807) is 0 Å². The van der Waals surface area contributed by atoms with Gasteiger partial charge in [-0.3, -0.25) is 0 Å². The second kappa shape index (κ2) is 8.51. The second-order valence-electron chi connectivity index (χ2n) is 4.17. The molecule has 0 aliphatic rings. The Morgan fingerprint density at radius 1 is 1.33 bits per heavy atom. The van der Waals surface area contributed by atoms with Crippen molar-refractivity contribution in [1.82, 2.24) is 5.32 Å². The molecule has 0 radical (unpaired) electrons. The molecule has 0 unspecified atom stereocenters. The summed E-state index contributed by atoms with van der Waals surface area (Å²) in [5.41, 5.74) is 2.57. The normalized spacial score (nSPS) is 10.7. The molecule has 0 fully saturated rings. The minimum Gasteiger partial charge on any atom is -0.380 e. The van der Waals surface area contributed by atoms with Gasteiger partial charge in [0.05, 0.1) is 6.61 Å². The third kappa shape index (κ3) is 4.96. The number of benzene rings is 1. The number of likely N-dealkylation sites (N-methyl/N-ethyl adjacent to an activating group) is 1. The second-order valence-corrected chi connectivity index (χ2v) is 5.09. The first kappa shape index (κ1) is 15.5. The fourth-order valence-corrected chi connectivity index (χ4v) is 2.12. The van der Waals surface area contributed by atoms with Crippen LogP contribution in [0.2, 0.25) is 0 Å². The Bertz CT molecular complexity index is 358. The van der Waals surface area contributed by atoms with E-state index in [1.165, 1.54) is 11.3 Å². The Morgan fingerprint density at radius 3 is 2.78 bits per heavy atom. The van der Waals surface area contributed by atoms with Gasteiger partial charge < -0.3 is 15.0 Å². The number of hydrogen-bond acceptors (Lipinski definition) is 3. The molecule has 0 aliphatic carbocycles. The highest BCUT2D eigenvalue weighted by Gasteiger charge is 2.07. The summed E-state index contributed by atoms with van der Waals surface area (Å²) in [6.45, 7) is 8.48. The van der Waals surface area contributed by atoms with Crippen molar-refractivity contribution in [1.29, 1.82) is 0 Å². The van der Waals surface area contributed by atoms with Crippen molar-refractivity contribution in [3.8, 4) is 0 Å². The number of hydrogen-bond donors (Lipinski definition) is 1. The van der Waals surface area contributed by atoms with Gasteiger partial charge in [0.2, 0.25) is 0 Å². The predicted molar refractivity (Wildman–Crippen MR) is 81.3 cm³/mol. The van der Waals surface area contributed by atoms with E-state index in [4.69, 9.17) is 4.74 Å². The molecule has 0 amide bonds. The van der Waals surface area contributed by atoms with Crippen LogP contribution >= 0.6 is 15.9 Å². The van der Waals surface area contributed by atoms with Gasteiger partial charge >= 0.3 is 0 Å².